The number of likely N-dealkylation sites (N-methyl/N-ethyl adjacent to an activating group) is 1. The number of hydrogen-bond donors (Lipinski definition) is 3. The van der Waals surface area contributed by atoms with E-state index in [1.807, 2.05) is 66.9 Å². The topological polar surface area (TPSA) is 128 Å². The second kappa shape index (κ2) is 14.1. The standard InChI is InChI=1S/C37H35N3O7/c1-38-35(41)22-45-25-16-15-23(34(18-25)44-2)20-46-36(42)33(17-24-19-39-32-14-8-7-9-26(24)32)40-37(43)47-21-31-29-12-5-3-10-27(29)28-11-4-6-13-30(28)31/h3-16,18-19,31,33,39H,17,20-22H2,1-2H3,(H,38,41)(H,40,43)/t33-/m1/s1. The summed E-state index contributed by atoms with van der Waals surface area (Å²) in [5.74, 6) is -0.180. The van der Waals surface area contributed by atoms with Crippen LogP contribution < -0.4 is 20.1 Å². The highest BCUT2D eigenvalue weighted by molar-refractivity contribution is 5.86. The zero-order valence-corrected chi connectivity index (χ0v) is 26.1. The number of fused-ring (bicyclic) bond motifs is 4. The number of amides is 2. The van der Waals surface area contributed by atoms with Crippen LogP contribution in [-0.4, -0.2) is 56.4 Å². The van der Waals surface area contributed by atoms with Gasteiger partial charge in [-0.2, -0.15) is 0 Å². The summed E-state index contributed by atoms with van der Waals surface area (Å²) in [6.07, 6.45) is 1.28. The number of ether oxygens (including phenoxy) is 4. The Morgan fingerprint density at radius 3 is 2.28 bits per heavy atom. The van der Waals surface area contributed by atoms with Gasteiger partial charge in [-0.1, -0.05) is 66.7 Å². The number of carbonyl (C=O) groups is 3. The lowest BCUT2D eigenvalue weighted by molar-refractivity contribution is -0.147. The van der Waals surface area contributed by atoms with Gasteiger partial charge < -0.3 is 34.6 Å². The van der Waals surface area contributed by atoms with E-state index < -0.39 is 18.1 Å². The van der Waals surface area contributed by atoms with Gasteiger partial charge in [0.1, 0.15) is 30.8 Å². The SMILES string of the molecule is CNC(=O)COc1ccc(COC(=O)[C@@H](Cc2c[nH]c3ccccc23)NC(=O)OCC2c3ccccc3-c3ccccc32)c(OC)c1. The Bertz CT molecular complexity index is 1870. The Balaban J connectivity index is 1.16. The lowest BCUT2D eigenvalue weighted by atomic mass is 9.98. The summed E-state index contributed by atoms with van der Waals surface area (Å²) >= 11 is 0. The molecule has 47 heavy (non-hydrogen) atoms. The number of alkyl carbamates (subject to hydrolysis) is 1. The molecule has 0 saturated carbocycles. The van der Waals surface area contributed by atoms with Crippen LogP contribution in [0.2, 0.25) is 0 Å². The van der Waals surface area contributed by atoms with Gasteiger partial charge in [-0.05, 0) is 46.0 Å². The minimum absolute atomic E-state index is 0.111. The highest BCUT2D eigenvalue weighted by atomic mass is 16.6. The van der Waals surface area contributed by atoms with E-state index in [1.165, 1.54) is 14.2 Å². The van der Waals surface area contributed by atoms with Crippen LogP contribution in [0.4, 0.5) is 4.79 Å². The molecule has 240 valence electrons. The Morgan fingerprint density at radius 2 is 1.55 bits per heavy atom. The number of nitrogens with one attached hydrogen (secondary N) is 3. The number of hydrogen-bond acceptors (Lipinski definition) is 7. The summed E-state index contributed by atoms with van der Waals surface area (Å²) in [5.41, 5.74) is 6.78. The third-order valence-electron chi connectivity index (χ3n) is 8.30. The molecule has 10 heteroatoms. The fraction of sp³-hybridized carbons (Fsp3) is 0.216. The van der Waals surface area contributed by atoms with Crippen molar-refractivity contribution in [3.8, 4) is 22.6 Å². The molecule has 10 nitrogen and oxygen atoms in total. The summed E-state index contributed by atoms with van der Waals surface area (Å²) in [7, 11) is 3.01. The molecule has 0 fully saturated rings. The monoisotopic (exact) mass is 633 g/mol. The van der Waals surface area contributed by atoms with Crippen LogP contribution in [0.5, 0.6) is 11.5 Å². The molecular formula is C37H35N3O7. The summed E-state index contributed by atoms with van der Waals surface area (Å²) in [5, 5.41) is 6.19. The molecule has 2 amide bonds. The van der Waals surface area contributed by atoms with Gasteiger partial charge in [0.15, 0.2) is 6.61 Å². The molecule has 1 aliphatic rings. The highest BCUT2D eigenvalue weighted by Gasteiger charge is 2.30. The van der Waals surface area contributed by atoms with Crippen molar-refractivity contribution in [3.05, 3.63) is 119 Å². The van der Waals surface area contributed by atoms with E-state index in [2.05, 4.69) is 27.8 Å². The minimum atomic E-state index is -1.04. The quantitative estimate of drug-likeness (QED) is 0.155. The molecule has 1 aromatic heterocycles. The lowest BCUT2D eigenvalue weighted by Gasteiger charge is -2.20. The van der Waals surface area contributed by atoms with E-state index >= 15 is 0 Å². The maximum absolute atomic E-state index is 13.6. The fourth-order valence-corrected chi connectivity index (χ4v) is 5.90. The smallest absolute Gasteiger partial charge is 0.407 e. The van der Waals surface area contributed by atoms with Gasteiger partial charge in [0.05, 0.1) is 7.11 Å². The van der Waals surface area contributed by atoms with Gasteiger partial charge in [0.2, 0.25) is 0 Å². The lowest BCUT2D eigenvalue weighted by Crippen LogP contribution is -2.43. The molecule has 4 aromatic carbocycles. The van der Waals surface area contributed by atoms with Gasteiger partial charge in [0.25, 0.3) is 5.91 Å². The molecule has 1 heterocycles. The maximum atomic E-state index is 13.6. The van der Waals surface area contributed by atoms with Gasteiger partial charge in [-0.3, -0.25) is 4.79 Å². The van der Waals surface area contributed by atoms with Crippen molar-refractivity contribution in [1.82, 2.24) is 15.6 Å². The van der Waals surface area contributed by atoms with Crippen molar-refractivity contribution in [2.24, 2.45) is 0 Å². The van der Waals surface area contributed by atoms with Crippen LogP contribution in [0.25, 0.3) is 22.0 Å². The summed E-state index contributed by atoms with van der Waals surface area (Å²) in [4.78, 5) is 41.6. The first kappa shape index (κ1) is 31.2. The molecule has 0 aliphatic heterocycles. The average Bonchev–Trinajstić information content (AvgIpc) is 3.67. The molecule has 0 bridgehead atoms. The predicted octanol–water partition coefficient (Wildman–Crippen LogP) is 5.49. The second-order valence-electron chi connectivity index (χ2n) is 11.1. The van der Waals surface area contributed by atoms with Crippen molar-refractivity contribution in [1.29, 1.82) is 0 Å². The van der Waals surface area contributed by atoms with Gasteiger partial charge in [-0.25, -0.2) is 9.59 Å². The van der Waals surface area contributed by atoms with E-state index in [9.17, 15) is 14.4 Å². The third-order valence-corrected chi connectivity index (χ3v) is 8.30. The van der Waals surface area contributed by atoms with Crippen molar-refractivity contribution in [3.63, 3.8) is 0 Å². The molecule has 5 aromatic rings. The summed E-state index contributed by atoms with van der Waals surface area (Å²) < 4.78 is 22.4. The highest BCUT2D eigenvalue weighted by Crippen LogP contribution is 2.44. The molecule has 0 unspecified atom stereocenters. The molecule has 6 rings (SSSR count). The fourth-order valence-electron chi connectivity index (χ4n) is 5.90. The predicted molar refractivity (Wildman–Crippen MR) is 176 cm³/mol. The largest absolute Gasteiger partial charge is 0.496 e. The average molecular weight is 634 g/mol. The first-order chi connectivity index (χ1) is 22.9. The molecule has 0 saturated heterocycles. The normalized spacial score (nSPS) is 12.5. The van der Waals surface area contributed by atoms with Crippen LogP contribution in [0.1, 0.15) is 28.2 Å². The van der Waals surface area contributed by atoms with Crippen molar-refractivity contribution in [2.75, 3.05) is 27.4 Å². The van der Waals surface area contributed by atoms with E-state index in [-0.39, 0.29) is 38.1 Å². The first-order valence-corrected chi connectivity index (χ1v) is 15.3. The zero-order chi connectivity index (χ0) is 32.8. The molecule has 0 radical (unpaired) electrons. The number of aromatic nitrogens is 1. The van der Waals surface area contributed by atoms with Crippen LogP contribution in [-0.2, 0) is 32.1 Å². The number of carbonyl (C=O) groups excluding carboxylic acids is 3. The van der Waals surface area contributed by atoms with Crippen LogP contribution in [0.15, 0.2) is 97.2 Å². The molecular weight excluding hydrogens is 598 g/mol. The Kier molecular flexibility index (Phi) is 9.38. The first-order valence-electron chi connectivity index (χ1n) is 15.3. The van der Waals surface area contributed by atoms with E-state index in [0.29, 0.717) is 17.1 Å². The molecule has 0 spiro atoms. The Morgan fingerprint density at radius 1 is 0.851 bits per heavy atom. The third kappa shape index (κ3) is 6.91. The van der Waals surface area contributed by atoms with E-state index in [4.69, 9.17) is 18.9 Å². The van der Waals surface area contributed by atoms with Crippen LogP contribution in [0, 0.1) is 0 Å². The molecule has 1 aliphatic carbocycles. The molecule has 1 atom stereocenters. The van der Waals surface area contributed by atoms with Gasteiger partial charge in [-0.15, -0.1) is 0 Å². The van der Waals surface area contributed by atoms with Crippen LogP contribution >= 0.6 is 0 Å². The number of benzene rings is 4. The van der Waals surface area contributed by atoms with E-state index in [1.54, 1.807) is 18.2 Å². The number of H-pyrrole nitrogens is 1. The van der Waals surface area contributed by atoms with Crippen molar-refractivity contribution in [2.45, 2.75) is 25.0 Å². The van der Waals surface area contributed by atoms with Crippen molar-refractivity contribution < 1.29 is 33.3 Å². The number of para-hydroxylation sites is 1. The second-order valence-corrected chi connectivity index (χ2v) is 11.1. The number of rotatable bonds is 12. The number of esters is 1. The Labute approximate surface area is 272 Å². The van der Waals surface area contributed by atoms with E-state index in [0.717, 1.165) is 38.7 Å². The van der Waals surface area contributed by atoms with Crippen molar-refractivity contribution >= 4 is 28.9 Å². The summed E-state index contributed by atoms with van der Waals surface area (Å²) in [6.45, 7) is -0.153. The Hall–Kier alpha value is -5.77. The molecule has 3 N–H and O–H groups in total. The van der Waals surface area contributed by atoms with Gasteiger partial charge in [0, 0.05) is 48.1 Å². The zero-order valence-electron chi connectivity index (χ0n) is 26.1. The maximum Gasteiger partial charge on any atom is 0.407 e. The van der Waals surface area contributed by atoms with Crippen LogP contribution in [0.3, 0.4) is 0 Å². The van der Waals surface area contributed by atoms with Gasteiger partial charge >= 0.3 is 12.1 Å². The minimum Gasteiger partial charge on any atom is -0.496 e. The summed E-state index contributed by atoms with van der Waals surface area (Å²) in [6, 6.07) is 27.9. The number of methoxy groups -OCH3 is 1. The number of aromatic amines is 1.